The van der Waals surface area contributed by atoms with Crippen LogP contribution >= 0.6 is 0 Å². The zero-order valence-corrected chi connectivity index (χ0v) is 13.0. The maximum Gasteiger partial charge on any atom is 0.433 e. The Balaban J connectivity index is 1.68. The van der Waals surface area contributed by atoms with Crippen LogP contribution in [0.2, 0.25) is 0 Å². The Hall–Kier alpha value is -3.03. The molecular weight excluding hydrogens is 316 g/mol. The van der Waals surface area contributed by atoms with E-state index in [1.807, 2.05) is 25.1 Å². The molecule has 1 aromatic carbocycles. The zero-order valence-electron chi connectivity index (χ0n) is 13.0. The van der Waals surface area contributed by atoms with E-state index in [0.717, 1.165) is 6.07 Å². The van der Waals surface area contributed by atoms with E-state index in [1.54, 1.807) is 6.07 Å². The summed E-state index contributed by atoms with van der Waals surface area (Å²) in [7, 11) is 0. The summed E-state index contributed by atoms with van der Waals surface area (Å²) >= 11 is 0. The lowest BCUT2D eigenvalue weighted by Gasteiger charge is -2.30. The molecule has 8 nitrogen and oxygen atoms in total. The van der Waals surface area contributed by atoms with E-state index in [9.17, 15) is 14.9 Å². The molecule has 0 saturated carbocycles. The van der Waals surface area contributed by atoms with Gasteiger partial charge in [0.15, 0.2) is 23.4 Å². The van der Waals surface area contributed by atoms with Crippen LogP contribution < -0.4 is 9.47 Å². The average Bonchev–Trinajstić information content (AvgIpc) is 3.09. The van der Waals surface area contributed by atoms with Crippen LogP contribution in [0.5, 0.6) is 11.5 Å². The van der Waals surface area contributed by atoms with E-state index in [0.29, 0.717) is 24.7 Å². The summed E-state index contributed by atoms with van der Waals surface area (Å²) < 4.78 is 16.4. The van der Waals surface area contributed by atoms with Crippen LogP contribution in [0.4, 0.5) is 5.88 Å². The minimum Gasteiger partial charge on any atom is -0.486 e. The third-order valence-electron chi connectivity index (χ3n) is 3.64. The van der Waals surface area contributed by atoms with Gasteiger partial charge in [-0.1, -0.05) is 12.1 Å². The topological polar surface area (TPSA) is 95.0 Å². The van der Waals surface area contributed by atoms with E-state index >= 15 is 0 Å². The van der Waals surface area contributed by atoms with Crippen LogP contribution in [0.3, 0.4) is 0 Å². The summed E-state index contributed by atoms with van der Waals surface area (Å²) in [6.07, 6.45) is -0.325. The number of benzene rings is 1. The molecule has 126 valence electrons. The van der Waals surface area contributed by atoms with Gasteiger partial charge in [0.1, 0.15) is 11.5 Å². The molecule has 0 spiro atoms. The molecule has 0 fully saturated rings. The first kappa shape index (κ1) is 15.9. The minimum absolute atomic E-state index is 0.0688. The molecular formula is C16H16N2O6. The van der Waals surface area contributed by atoms with E-state index in [-0.39, 0.29) is 18.4 Å². The lowest BCUT2D eigenvalue weighted by atomic mass is 10.2. The highest BCUT2D eigenvalue weighted by Crippen LogP contribution is 2.31. The Kier molecular flexibility index (Phi) is 4.37. The van der Waals surface area contributed by atoms with Gasteiger partial charge < -0.3 is 18.8 Å². The van der Waals surface area contributed by atoms with Gasteiger partial charge in [-0.2, -0.15) is 0 Å². The Morgan fingerprint density at radius 2 is 2.04 bits per heavy atom. The van der Waals surface area contributed by atoms with Crippen LogP contribution in [-0.4, -0.2) is 41.5 Å². The number of furan rings is 1. The van der Waals surface area contributed by atoms with Gasteiger partial charge in [0.05, 0.1) is 12.6 Å². The third-order valence-corrected chi connectivity index (χ3v) is 3.64. The predicted molar refractivity (Wildman–Crippen MR) is 83.3 cm³/mol. The standard InChI is InChI=1S/C16H16N2O6/c1-2-17(16(19)14-7-8-15(24-14)18(20)21)9-11-10-22-12-5-3-4-6-13(12)23-11/h3-8,11H,2,9-10H2,1H3. The van der Waals surface area contributed by atoms with Crippen molar-refractivity contribution in [2.75, 3.05) is 19.7 Å². The molecule has 1 aromatic heterocycles. The minimum atomic E-state index is -0.678. The van der Waals surface area contributed by atoms with E-state index in [1.165, 1.54) is 11.0 Å². The van der Waals surface area contributed by atoms with Crippen LogP contribution in [-0.2, 0) is 0 Å². The molecule has 1 unspecified atom stereocenters. The lowest BCUT2D eigenvalue weighted by molar-refractivity contribution is -0.402. The largest absolute Gasteiger partial charge is 0.486 e. The number of hydrogen-bond donors (Lipinski definition) is 0. The second-order valence-corrected chi connectivity index (χ2v) is 5.24. The number of para-hydroxylation sites is 2. The first-order valence-corrected chi connectivity index (χ1v) is 7.50. The van der Waals surface area contributed by atoms with Gasteiger partial charge in [-0.3, -0.25) is 14.9 Å². The summed E-state index contributed by atoms with van der Waals surface area (Å²) in [4.78, 5) is 23.9. The molecule has 1 amide bonds. The van der Waals surface area contributed by atoms with E-state index < -0.39 is 16.7 Å². The molecule has 0 radical (unpaired) electrons. The van der Waals surface area contributed by atoms with Gasteiger partial charge in [0, 0.05) is 6.54 Å². The number of hydrogen-bond acceptors (Lipinski definition) is 6. The van der Waals surface area contributed by atoms with Crippen molar-refractivity contribution in [1.82, 2.24) is 4.90 Å². The molecule has 0 bridgehead atoms. The van der Waals surface area contributed by atoms with Crippen molar-refractivity contribution < 1.29 is 23.6 Å². The molecule has 1 aliphatic heterocycles. The van der Waals surface area contributed by atoms with Gasteiger partial charge in [0.2, 0.25) is 0 Å². The van der Waals surface area contributed by atoms with Crippen molar-refractivity contribution in [1.29, 1.82) is 0 Å². The number of nitrogens with zero attached hydrogens (tertiary/aromatic N) is 2. The normalized spacial score (nSPS) is 15.8. The van der Waals surface area contributed by atoms with Crippen LogP contribution in [0, 0.1) is 10.1 Å². The second kappa shape index (κ2) is 6.61. The smallest absolute Gasteiger partial charge is 0.433 e. The fraction of sp³-hybridized carbons (Fsp3) is 0.312. The molecule has 3 rings (SSSR count). The number of likely N-dealkylation sites (N-methyl/N-ethyl adjacent to an activating group) is 1. The molecule has 1 aliphatic rings. The number of rotatable bonds is 5. The van der Waals surface area contributed by atoms with Crippen LogP contribution in [0.1, 0.15) is 17.5 Å². The molecule has 2 heterocycles. The second-order valence-electron chi connectivity index (χ2n) is 5.24. The molecule has 0 aliphatic carbocycles. The quantitative estimate of drug-likeness (QED) is 0.616. The van der Waals surface area contributed by atoms with Gasteiger partial charge in [-0.15, -0.1) is 0 Å². The van der Waals surface area contributed by atoms with Crippen molar-refractivity contribution in [3.05, 3.63) is 52.3 Å². The summed E-state index contributed by atoms with van der Waals surface area (Å²) in [6, 6.07) is 9.78. The number of carbonyl (C=O) groups excluding carboxylic acids is 1. The Morgan fingerprint density at radius 3 is 2.71 bits per heavy atom. The fourth-order valence-electron chi connectivity index (χ4n) is 2.45. The van der Waals surface area contributed by atoms with Gasteiger partial charge in [-0.05, 0) is 25.1 Å². The zero-order chi connectivity index (χ0) is 17.1. The third kappa shape index (κ3) is 3.17. The summed E-state index contributed by atoms with van der Waals surface area (Å²) in [5.41, 5.74) is 0. The molecule has 24 heavy (non-hydrogen) atoms. The monoisotopic (exact) mass is 332 g/mol. The van der Waals surface area contributed by atoms with E-state index in [2.05, 4.69) is 0 Å². The maximum absolute atomic E-state index is 12.4. The highest BCUT2D eigenvalue weighted by Gasteiger charge is 2.27. The highest BCUT2D eigenvalue weighted by molar-refractivity contribution is 5.91. The number of ether oxygens (including phenoxy) is 2. The Morgan fingerprint density at radius 1 is 1.29 bits per heavy atom. The molecule has 8 heteroatoms. The summed E-state index contributed by atoms with van der Waals surface area (Å²) in [6.45, 7) is 2.83. The highest BCUT2D eigenvalue weighted by atomic mass is 16.6. The molecule has 0 saturated heterocycles. The van der Waals surface area contributed by atoms with Crippen LogP contribution in [0.25, 0.3) is 0 Å². The van der Waals surface area contributed by atoms with Crippen molar-refractivity contribution in [3.63, 3.8) is 0 Å². The maximum atomic E-state index is 12.4. The molecule has 1 atom stereocenters. The first-order valence-electron chi connectivity index (χ1n) is 7.50. The number of nitro groups is 1. The van der Waals surface area contributed by atoms with Crippen LogP contribution in [0.15, 0.2) is 40.8 Å². The Bertz CT molecular complexity index is 757. The molecule has 2 aromatic rings. The Labute approximate surface area is 137 Å². The predicted octanol–water partition coefficient (Wildman–Crippen LogP) is 2.49. The van der Waals surface area contributed by atoms with Gasteiger partial charge in [-0.25, -0.2) is 0 Å². The first-order chi connectivity index (χ1) is 11.6. The van der Waals surface area contributed by atoms with Gasteiger partial charge >= 0.3 is 5.88 Å². The average molecular weight is 332 g/mol. The van der Waals surface area contributed by atoms with Crippen molar-refractivity contribution in [2.45, 2.75) is 13.0 Å². The van der Waals surface area contributed by atoms with E-state index in [4.69, 9.17) is 13.9 Å². The fourth-order valence-corrected chi connectivity index (χ4v) is 2.45. The SMILES string of the molecule is CCN(CC1COc2ccccc2O1)C(=O)c1ccc([N+](=O)[O-])o1. The van der Waals surface area contributed by atoms with Gasteiger partial charge in [0.25, 0.3) is 5.91 Å². The van der Waals surface area contributed by atoms with Crippen molar-refractivity contribution in [2.24, 2.45) is 0 Å². The molecule has 0 N–H and O–H groups in total. The number of carbonyl (C=O) groups is 1. The summed E-state index contributed by atoms with van der Waals surface area (Å²) in [5.74, 6) is 0.352. The lowest BCUT2D eigenvalue weighted by Crippen LogP contribution is -2.43. The van der Waals surface area contributed by atoms with Crippen molar-refractivity contribution >= 4 is 11.8 Å². The summed E-state index contributed by atoms with van der Waals surface area (Å²) in [5, 5.41) is 10.7. The number of fused-ring (bicyclic) bond motifs is 1. The van der Waals surface area contributed by atoms with Crippen molar-refractivity contribution in [3.8, 4) is 11.5 Å². The number of amides is 1.